The summed E-state index contributed by atoms with van der Waals surface area (Å²) in [5.74, 6) is 0. The van der Waals surface area contributed by atoms with E-state index in [-0.39, 0.29) is 17.7 Å². The molecule has 1 saturated carbocycles. The van der Waals surface area contributed by atoms with Crippen LogP contribution in [0, 0.1) is 15.5 Å². The number of aromatic nitrogens is 1. The fraction of sp³-hybridized carbons (Fsp3) is 0.583. The number of pyridine rings is 1. The lowest BCUT2D eigenvalue weighted by Gasteiger charge is -2.27. The highest BCUT2D eigenvalue weighted by atomic mass is 79.9. The zero-order valence-electron chi connectivity index (χ0n) is 10.4. The third-order valence-corrected chi connectivity index (χ3v) is 4.32. The van der Waals surface area contributed by atoms with Crippen LogP contribution in [-0.2, 0) is 0 Å². The van der Waals surface area contributed by atoms with Crippen molar-refractivity contribution in [2.45, 2.75) is 25.7 Å². The summed E-state index contributed by atoms with van der Waals surface area (Å²) >= 11 is 3.27. The number of nitrogens with one attached hydrogen (secondary N) is 1. The van der Waals surface area contributed by atoms with Crippen LogP contribution in [0.4, 0.5) is 11.4 Å². The van der Waals surface area contributed by atoms with Gasteiger partial charge in [0.25, 0.3) is 0 Å². The van der Waals surface area contributed by atoms with Crippen LogP contribution in [0.5, 0.6) is 0 Å². The first-order valence-electron chi connectivity index (χ1n) is 6.21. The zero-order valence-corrected chi connectivity index (χ0v) is 12.0. The second kappa shape index (κ2) is 5.83. The Balaban J connectivity index is 2.17. The van der Waals surface area contributed by atoms with Crippen molar-refractivity contribution in [2.75, 3.05) is 18.5 Å². The summed E-state index contributed by atoms with van der Waals surface area (Å²) in [6.45, 7) is 0.642. The lowest BCUT2D eigenvalue weighted by atomic mass is 9.87. The van der Waals surface area contributed by atoms with Gasteiger partial charge in [0.1, 0.15) is 11.9 Å². The molecular weight excluding hydrogens is 314 g/mol. The van der Waals surface area contributed by atoms with Crippen molar-refractivity contribution < 1.29 is 10.0 Å². The zero-order chi connectivity index (χ0) is 13.9. The molecule has 1 aromatic heterocycles. The van der Waals surface area contributed by atoms with Crippen molar-refractivity contribution in [3.63, 3.8) is 0 Å². The maximum atomic E-state index is 11.0. The summed E-state index contributed by atoms with van der Waals surface area (Å²) < 4.78 is 0.563. The van der Waals surface area contributed by atoms with E-state index in [4.69, 9.17) is 0 Å². The normalized spacial score (nSPS) is 17.4. The van der Waals surface area contributed by atoms with Crippen LogP contribution in [-0.4, -0.2) is 28.2 Å². The van der Waals surface area contributed by atoms with E-state index in [1.165, 1.54) is 12.4 Å². The monoisotopic (exact) mass is 329 g/mol. The number of rotatable bonds is 5. The smallest absolute Gasteiger partial charge is 0.311 e. The molecule has 2 rings (SSSR count). The second-order valence-electron chi connectivity index (χ2n) is 4.99. The Bertz CT molecular complexity index is 475. The highest BCUT2D eigenvalue weighted by Crippen LogP contribution is 2.39. The summed E-state index contributed by atoms with van der Waals surface area (Å²) in [6.07, 6.45) is 6.85. The Morgan fingerprint density at radius 3 is 2.74 bits per heavy atom. The van der Waals surface area contributed by atoms with E-state index in [1.54, 1.807) is 0 Å². The number of anilines is 1. The summed E-state index contributed by atoms with van der Waals surface area (Å²) in [5.41, 5.74) is 0.219. The number of hydrogen-bond donors (Lipinski definition) is 2. The first-order valence-corrected chi connectivity index (χ1v) is 7.00. The predicted octanol–water partition coefficient (Wildman–Crippen LogP) is 2.72. The lowest BCUT2D eigenvalue weighted by molar-refractivity contribution is -0.384. The average molecular weight is 330 g/mol. The molecule has 1 aliphatic carbocycles. The number of nitro groups is 1. The Morgan fingerprint density at radius 1 is 1.47 bits per heavy atom. The van der Waals surface area contributed by atoms with Gasteiger partial charge >= 0.3 is 5.69 Å². The van der Waals surface area contributed by atoms with Crippen LogP contribution in [0.1, 0.15) is 25.7 Å². The number of hydrogen-bond acceptors (Lipinski definition) is 5. The minimum absolute atomic E-state index is 0.0551. The van der Waals surface area contributed by atoms with Gasteiger partial charge in [-0.15, -0.1) is 0 Å². The Labute approximate surface area is 119 Å². The molecule has 0 aromatic carbocycles. The second-order valence-corrected chi connectivity index (χ2v) is 5.85. The number of aliphatic hydroxyl groups excluding tert-OH is 1. The molecule has 0 bridgehead atoms. The van der Waals surface area contributed by atoms with Crippen molar-refractivity contribution in [1.29, 1.82) is 0 Å². The van der Waals surface area contributed by atoms with Crippen LogP contribution in [0.25, 0.3) is 0 Å². The van der Waals surface area contributed by atoms with Gasteiger partial charge in [-0.2, -0.15) is 0 Å². The molecule has 19 heavy (non-hydrogen) atoms. The highest BCUT2D eigenvalue weighted by Gasteiger charge is 2.33. The van der Waals surface area contributed by atoms with Crippen molar-refractivity contribution in [2.24, 2.45) is 5.41 Å². The number of aliphatic hydroxyl groups is 1. The molecule has 104 valence electrons. The molecule has 1 aromatic rings. The number of nitrogens with zero attached hydrogens (tertiary/aromatic N) is 2. The Kier molecular flexibility index (Phi) is 4.36. The minimum Gasteiger partial charge on any atom is -0.396 e. The van der Waals surface area contributed by atoms with Crippen molar-refractivity contribution in [3.8, 4) is 0 Å². The molecule has 0 aliphatic heterocycles. The minimum atomic E-state index is -0.458. The third kappa shape index (κ3) is 3.03. The van der Waals surface area contributed by atoms with Crippen LogP contribution in [0.3, 0.4) is 0 Å². The SMILES string of the molecule is O=[N+]([O-])c1cncc(Br)c1NCC1(CO)CCCC1. The van der Waals surface area contributed by atoms with Gasteiger partial charge in [0.05, 0.1) is 16.0 Å². The van der Waals surface area contributed by atoms with Gasteiger partial charge < -0.3 is 10.4 Å². The molecule has 0 spiro atoms. The van der Waals surface area contributed by atoms with E-state index < -0.39 is 4.92 Å². The van der Waals surface area contributed by atoms with Gasteiger partial charge in [0.15, 0.2) is 0 Å². The van der Waals surface area contributed by atoms with Gasteiger partial charge in [-0.3, -0.25) is 15.1 Å². The van der Waals surface area contributed by atoms with Crippen LogP contribution in [0.15, 0.2) is 16.9 Å². The van der Waals surface area contributed by atoms with Gasteiger partial charge in [0, 0.05) is 18.2 Å². The standard InChI is InChI=1S/C12H16BrN3O3/c13-9-5-14-6-10(16(18)19)11(9)15-7-12(8-17)3-1-2-4-12/h5-6,17H,1-4,7-8H2,(H,14,15). The number of halogens is 1. The third-order valence-electron chi connectivity index (χ3n) is 3.72. The van der Waals surface area contributed by atoms with E-state index >= 15 is 0 Å². The van der Waals surface area contributed by atoms with Gasteiger partial charge in [-0.1, -0.05) is 12.8 Å². The van der Waals surface area contributed by atoms with Crippen molar-refractivity contribution in [3.05, 3.63) is 27.0 Å². The first kappa shape index (κ1) is 14.2. The molecule has 6 nitrogen and oxygen atoms in total. The van der Waals surface area contributed by atoms with Crippen LogP contribution < -0.4 is 5.32 Å². The van der Waals surface area contributed by atoms with Gasteiger partial charge in [-0.25, -0.2) is 0 Å². The fourth-order valence-corrected chi connectivity index (χ4v) is 2.99. The summed E-state index contributed by atoms with van der Waals surface area (Å²) in [4.78, 5) is 14.3. The van der Waals surface area contributed by atoms with Crippen LogP contribution >= 0.6 is 15.9 Å². The maximum Gasteiger partial charge on any atom is 0.311 e. The Morgan fingerprint density at radius 2 is 2.16 bits per heavy atom. The quantitative estimate of drug-likeness (QED) is 0.640. The average Bonchev–Trinajstić information content (AvgIpc) is 2.86. The van der Waals surface area contributed by atoms with Gasteiger partial charge in [-0.05, 0) is 28.8 Å². The van der Waals surface area contributed by atoms with E-state index in [9.17, 15) is 15.2 Å². The fourth-order valence-electron chi connectivity index (χ4n) is 2.53. The molecule has 7 heteroatoms. The lowest BCUT2D eigenvalue weighted by Crippen LogP contribution is -2.30. The molecule has 2 N–H and O–H groups in total. The first-order chi connectivity index (χ1) is 9.08. The summed E-state index contributed by atoms with van der Waals surface area (Å²) in [5, 5.41) is 23.6. The maximum absolute atomic E-state index is 11.0. The highest BCUT2D eigenvalue weighted by molar-refractivity contribution is 9.10. The van der Waals surface area contributed by atoms with E-state index in [0.717, 1.165) is 25.7 Å². The summed E-state index contributed by atoms with van der Waals surface area (Å²) in [6, 6.07) is 0. The van der Waals surface area contributed by atoms with Crippen molar-refractivity contribution in [1.82, 2.24) is 4.98 Å². The molecule has 0 atom stereocenters. The summed E-state index contributed by atoms with van der Waals surface area (Å²) in [7, 11) is 0. The molecule has 1 aliphatic rings. The van der Waals surface area contributed by atoms with Crippen molar-refractivity contribution >= 4 is 27.3 Å². The molecule has 1 fully saturated rings. The predicted molar refractivity (Wildman–Crippen MR) is 75.1 cm³/mol. The van der Waals surface area contributed by atoms with E-state index in [2.05, 4.69) is 26.2 Å². The Hall–Kier alpha value is -1.21. The molecule has 1 heterocycles. The molecule has 0 unspecified atom stereocenters. The molecule has 0 amide bonds. The molecular formula is C12H16BrN3O3. The van der Waals surface area contributed by atoms with Crippen LogP contribution in [0.2, 0.25) is 0 Å². The topological polar surface area (TPSA) is 88.3 Å². The molecule has 0 saturated heterocycles. The van der Waals surface area contributed by atoms with E-state index in [1.807, 2.05) is 0 Å². The molecule has 0 radical (unpaired) electrons. The van der Waals surface area contributed by atoms with E-state index in [0.29, 0.717) is 16.7 Å². The van der Waals surface area contributed by atoms with Gasteiger partial charge in [0.2, 0.25) is 0 Å². The largest absolute Gasteiger partial charge is 0.396 e.